The van der Waals surface area contributed by atoms with E-state index in [0.717, 1.165) is 0 Å². The zero-order valence-corrected chi connectivity index (χ0v) is 14.2. The number of hydrogen-bond acceptors (Lipinski definition) is 6. The molecule has 0 aromatic heterocycles. The number of carbonyl (C=O) groups is 1. The van der Waals surface area contributed by atoms with Gasteiger partial charge >= 0.3 is 0 Å². The Balaban J connectivity index is 2.03. The molecule has 0 saturated carbocycles. The second-order valence-corrected chi connectivity index (χ2v) is 4.88. The van der Waals surface area contributed by atoms with E-state index >= 15 is 0 Å². The van der Waals surface area contributed by atoms with E-state index in [0.29, 0.717) is 34.2 Å². The highest BCUT2D eigenvalue weighted by molar-refractivity contribution is 5.93. The Hall–Kier alpha value is -3.40. The van der Waals surface area contributed by atoms with Crippen LogP contribution in [0.15, 0.2) is 36.4 Å². The Morgan fingerprint density at radius 1 is 1.00 bits per heavy atom. The Bertz CT molecular complexity index is 799. The molecule has 0 unspecified atom stereocenters. The molecule has 0 spiro atoms. The number of benzene rings is 2. The zero-order chi connectivity index (χ0) is 18.2. The number of anilines is 1. The monoisotopic (exact) mass is 342 g/mol. The van der Waals surface area contributed by atoms with Crippen LogP contribution in [0.5, 0.6) is 23.0 Å². The number of methoxy groups -OCH3 is 3. The largest absolute Gasteiger partial charge is 0.497 e. The molecule has 1 amide bonds. The van der Waals surface area contributed by atoms with Gasteiger partial charge in [0.2, 0.25) is 0 Å². The number of nitriles is 1. The van der Waals surface area contributed by atoms with Crippen LogP contribution in [0.4, 0.5) is 5.69 Å². The van der Waals surface area contributed by atoms with Crippen molar-refractivity contribution in [2.24, 2.45) is 0 Å². The molecule has 2 rings (SSSR count). The lowest BCUT2D eigenvalue weighted by molar-refractivity contribution is -0.118. The second-order valence-electron chi connectivity index (χ2n) is 4.88. The van der Waals surface area contributed by atoms with Crippen molar-refractivity contribution < 1.29 is 23.7 Å². The Labute approximate surface area is 145 Å². The van der Waals surface area contributed by atoms with Crippen molar-refractivity contribution in [3.8, 4) is 29.1 Å². The summed E-state index contributed by atoms with van der Waals surface area (Å²) < 4.78 is 21.0. The van der Waals surface area contributed by atoms with Crippen LogP contribution in [0, 0.1) is 11.3 Å². The third-order valence-electron chi connectivity index (χ3n) is 3.33. The third kappa shape index (κ3) is 4.54. The number of carbonyl (C=O) groups excluding carboxylic acids is 1. The van der Waals surface area contributed by atoms with Gasteiger partial charge in [-0.05, 0) is 24.3 Å². The lowest BCUT2D eigenvalue weighted by Gasteiger charge is -2.13. The third-order valence-corrected chi connectivity index (χ3v) is 3.33. The van der Waals surface area contributed by atoms with Gasteiger partial charge in [0.05, 0.1) is 38.6 Å². The first-order valence-electron chi connectivity index (χ1n) is 7.34. The van der Waals surface area contributed by atoms with Crippen LogP contribution in [0.25, 0.3) is 0 Å². The fourth-order valence-electron chi connectivity index (χ4n) is 2.09. The molecule has 0 fully saturated rings. The molecule has 2 aromatic carbocycles. The van der Waals surface area contributed by atoms with E-state index in [2.05, 4.69) is 5.32 Å². The molecular formula is C18H18N2O5. The molecule has 0 saturated heterocycles. The maximum atomic E-state index is 12.1. The van der Waals surface area contributed by atoms with Gasteiger partial charge in [-0.2, -0.15) is 5.26 Å². The average Bonchev–Trinajstić information content (AvgIpc) is 2.66. The predicted molar refractivity (Wildman–Crippen MR) is 91.4 cm³/mol. The molecule has 0 aliphatic heterocycles. The van der Waals surface area contributed by atoms with E-state index < -0.39 is 0 Å². The SMILES string of the molecule is COc1ccc(NC(=O)COc2ccc(C#N)cc2OC)c(OC)c1. The summed E-state index contributed by atoms with van der Waals surface area (Å²) in [7, 11) is 4.51. The number of nitrogens with zero attached hydrogens (tertiary/aromatic N) is 1. The van der Waals surface area contributed by atoms with Crippen LogP contribution >= 0.6 is 0 Å². The molecule has 130 valence electrons. The fourth-order valence-corrected chi connectivity index (χ4v) is 2.09. The van der Waals surface area contributed by atoms with Crippen molar-refractivity contribution in [1.82, 2.24) is 0 Å². The molecule has 0 heterocycles. The van der Waals surface area contributed by atoms with Crippen LogP contribution in [0.1, 0.15) is 5.56 Å². The fraction of sp³-hybridized carbons (Fsp3) is 0.222. The van der Waals surface area contributed by atoms with Gasteiger partial charge in [-0.1, -0.05) is 0 Å². The van der Waals surface area contributed by atoms with Gasteiger partial charge in [0.1, 0.15) is 11.5 Å². The lowest BCUT2D eigenvalue weighted by Crippen LogP contribution is -2.20. The Morgan fingerprint density at radius 2 is 1.76 bits per heavy atom. The minimum Gasteiger partial charge on any atom is -0.497 e. The summed E-state index contributed by atoms with van der Waals surface area (Å²) in [6.45, 7) is -0.225. The number of rotatable bonds is 7. The summed E-state index contributed by atoms with van der Waals surface area (Å²) in [5, 5.41) is 11.6. The molecule has 0 aliphatic carbocycles. The molecule has 25 heavy (non-hydrogen) atoms. The van der Waals surface area contributed by atoms with Crippen LogP contribution < -0.4 is 24.3 Å². The minimum absolute atomic E-state index is 0.225. The van der Waals surface area contributed by atoms with Crippen LogP contribution in [0.3, 0.4) is 0 Å². The number of hydrogen-bond donors (Lipinski definition) is 1. The Kier molecular flexibility index (Phi) is 6.07. The van der Waals surface area contributed by atoms with Crippen molar-refractivity contribution in [3.63, 3.8) is 0 Å². The molecule has 0 aliphatic rings. The van der Waals surface area contributed by atoms with Gasteiger partial charge in [-0.15, -0.1) is 0 Å². The zero-order valence-electron chi connectivity index (χ0n) is 14.2. The molecule has 7 nitrogen and oxygen atoms in total. The van der Waals surface area contributed by atoms with E-state index in [4.69, 9.17) is 24.2 Å². The highest BCUT2D eigenvalue weighted by Crippen LogP contribution is 2.30. The second kappa shape index (κ2) is 8.45. The number of nitrogens with one attached hydrogen (secondary N) is 1. The van der Waals surface area contributed by atoms with Gasteiger partial charge in [0, 0.05) is 12.1 Å². The van der Waals surface area contributed by atoms with Crippen LogP contribution in [0.2, 0.25) is 0 Å². The first-order chi connectivity index (χ1) is 12.1. The summed E-state index contributed by atoms with van der Waals surface area (Å²) in [4.78, 5) is 12.1. The summed E-state index contributed by atoms with van der Waals surface area (Å²) in [6, 6.07) is 11.8. The maximum absolute atomic E-state index is 12.1. The minimum atomic E-state index is -0.366. The number of ether oxygens (including phenoxy) is 4. The standard InChI is InChI=1S/C18H18N2O5/c1-22-13-5-6-14(16(9-13)23-2)20-18(21)11-25-15-7-4-12(10-19)8-17(15)24-3/h4-9H,11H2,1-3H3,(H,20,21). The van der Waals surface area contributed by atoms with Gasteiger partial charge in [0.25, 0.3) is 5.91 Å². The van der Waals surface area contributed by atoms with Gasteiger partial charge < -0.3 is 24.3 Å². The van der Waals surface area contributed by atoms with Crippen molar-refractivity contribution in [1.29, 1.82) is 5.26 Å². The molecule has 7 heteroatoms. The van der Waals surface area contributed by atoms with Crippen molar-refractivity contribution in [2.75, 3.05) is 33.3 Å². The van der Waals surface area contributed by atoms with Crippen molar-refractivity contribution in [2.45, 2.75) is 0 Å². The summed E-state index contributed by atoms with van der Waals surface area (Å²) in [5.41, 5.74) is 0.945. The first kappa shape index (κ1) is 17.9. The van der Waals surface area contributed by atoms with E-state index in [-0.39, 0.29) is 12.5 Å². The van der Waals surface area contributed by atoms with E-state index in [1.807, 2.05) is 6.07 Å². The van der Waals surface area contributed by atoms with E-state index in [1.165, 1.54) is 14.2 Å². The Morgan fingerprint density at radius 3 is 2.40 bits per heavy atom. The normalized spacial score (nSPS) is 9.68. The average molecular weight is 342 g/mol. The van der Waals surface area contributed by atoms with Gasteiger partial charge in [0.15, 0.2) is 18.1 Å². The van der Waals surface area contributed by atoms with Crippen molar-refractivity contribution in [3.05, 3.63) is 42.0 Å². The maximum Gasteiger partial charge on any atom is 0.262 e. The quantitative estimate of drug-likeness (QED) is 0.832. The van der Waals surface area contributed by atoms with Crippen LogP contribution in [-0.2, 0) is 4.79 Å². The highest BCUT2D eigenvalue weighted by atomic mass is 16.5. The van der Waals surface area contributed by atoms with E-state index in [9.17, 15) is 4.79 Å². The molecule has 0 bridgehead atoms. The summed E-state index contributed by atoms with van der Waals surface area (Å²) >= 11 is 0. The predicted octanol–water partition coefficient (Wildman–Crippen LogP) is 2.60. The van der Waals surface area contributed by atoms with Gasteiger partial charge in [-0.3, -0.25) is 4.79 Å². The lowest BCUT2D eigenvalue weighted by atomic mass is 10.2. The highest BCUT2D eigenvalue weighted by Gasteiger charge is 2.12. The summed E-state index contributed by atoms with van der Waals surface area (Å²) in [6.07, 6.45) is 0. The van der Waals surface area contributed by atoms with Crippen LogP contribution in [-0.4, -0.2) is 33.8 Å². The van der Waals surface area contributed by atoms with Crippen molar-refractivity contribution >= 4 is 11.6 Å². The molecular weight excluding hydrogens is 324 g/mol. The number of amides is 1. The molecule has 0 atom stereocenters. The first-order valence-corrected chi connectivity index (χ1v) is 7.34. The molecule has 0 radical (unpaired) electrons. The van der Waals surface area contributed by atoms with E-state index in [1.54, 1.807) is 43.5 Å². The van der Waals surface area contributed by atoms with Gasteiger partial charge in [-0.25, -0.2) is 0 Å². The summed E-state index contributed by atoms with van der Waals surface area (Å²) in [5.74, 6) is 1.49. The smallest absolute Gasteiger partial charge is 0.262 e. The molecule has 2 aromatic rings. The topological polar surface area (TPSA) is 89.8 Å². The molecule has 1 N–H and O–H groups in total.